The highest BCUT2D eigenvalue weighted by Gasteiger charge is 2.35. The lowest BCUT2D eigenvalue weighted by Crippen LogP contribution is -2.48. The van der Waals surface area contributed by atoms with Crippen molar-refractivity contribution in [3.05, 3.63) is 0 Å². The summed E-state index contributed by atoms with van der Waals surface area (Å²) < 4.78 is 5.36. The molecule has 1 unspecified atom stereocenters. The molecule has 0 aromatic carbocycles. The van der Waals surface area contributed by atoms with Crippen LogP contribution in [0.25, 0.3) is 0 Å². The summed E-state index contributed by atoms with van der Waals surface area (Å²) in [5.41, 5.74) is 0.138. The smallest absolute Gasteiger partial charge is 0.223 e. The van der Waals surface area contributed by atoms with Gasteiger partial charge >= 0.3 is 0 Å². The van der Waals surface area contributed by atoms with Crippen LogP contribution in [-0.2, 0) is 9.53 Å². The zero-order valence-corrected chi connectivity index (χ0v) is 12.9. The SMILES string of the molecule is COCC1(CNC(=O)C(C)C2CC2)CCNCC1.Cl. The Morgan fingerprint density at radius 2 is 2.05 bits per heavy atom. The molecular weight excluding hydrogens is 264 g/mol. The van der Waals surface area contributed by atoms with Crippen molar-refractivity contribution in [2.75, 3.05) is 33.4 Å². The maximum atomic E-state index is 12.0. The Bertz CT molecular complexity index is 284. The van der Waals surface area contributed by atoms with Crippen molar-refractivity contribution >= 4 is 18.3 Å². The highest BCUT2D eigenvalue weighted by atomic mass is 35.5. The topological polar surface area (TPSA) is 50.4 Å². The molecule has 1 aliphatic heterocycles. The van der Waals surface area contributed by atoms with E-state index in [1.54, 1.807) is 7.11 Å². The van der Waals surface area contributed by atoms with Gasteiger partial charge in [-0.3, -0.25) is 4.79 Å². The Kier molecular flexibility index (Phi) is 6.57. The Morgan fingerprint density at radius 1 is 1.42 bits per heavy atom. The van der Waals surface area contributed by atoms with Crippen molar-refractivity contribution in [2.24, 2.45) is 17.3 Å². The highest BCUT2D eigenvalue weighted by molar-refractivity contribution is 5.85. The third-order valence-electron chi connectivity index (χ3n) is 4.50. The summed E-state index contributed by atoms with van der Waals surface area (Å²) in [5.74, 6) is 1.05. The van der Waals surface area contributed by atoms with Gasteiger partial charge in [0, 0.05) is 25.0 Å². The lowest BCUT2D eigenvalue weighted by Gasteiger charge is -2.37. The summed E-state index contributed by atoms with van der Waals surface area (Å²) in [5, 5.41) is 6.52. The molecule has 0 spiro atoms. The van der Waals surface area contributed by atoms with E-state index in [2.05, 4.69) is 17.6 Å². The molecule has 1 atom stereocenters. The summed E-state index contributed by atoms with van der Waals surface area (Å²) in [4.78, 5) is 12.0. The quantitative estimate of drug-likeness (QED) is 0.781. The van der Waals surface area contributed by atoms with Gasteiger partial charge in [-0.1, -0.05) is 6.92 Å². The number of methoxy groups -OCH3 is 1. The first kappa shape index (κ1) is 16.7. The van der Waals surface area contributed by atoms with Crippen LogP contribution in [0.15, 0.2) is 0 Å². The first-order valence-corrected chi connectivity index (χ1v) is 7.14. The lowest BCUT2D eigenvalue weighted by atomic mass is 9.79. The Morgan fingerprint density at radius 3 is 2.58 bits per heavy atom. The Balaban J connectivity index is 0.00000180. The van der Waals surface area contributed by atoms with E-state index in [0.29, 0.717) is 5.92 Å². The fourth-order valence-electron chi connectivity index (χ4n) is 2.88. The number of hydrogen-bond acceptors (Lipinski definition) is 3. The van der Waals surface area contributed by atoms with E-state index in [4.69, 9.17) is 4.74 Å². The highest BCUT2D eigenvalue weighted by Crippen LogP contribution is 2.36. The standard InChI is InChI=1S/C14H26N2O2.ClH/c1-11(12-3-4-12)13(17)16-9-14(10-18-2)5-7-15-8-6-14;/h11-12,15H,3-10H2,1-2H3,(H,16,17);1H. The fourth-order valence-corrected chi connectivity index (χ4v) is 2.88. The molecule has 1 amide bonds. The Hall–Kier alpha value is -0.320. The van der Waals surface area contributed by atoms with E-state index in [1.165, 1.54) is 12.8 Å². The van der Waals surface area contributed by atoms with Crippen molar-refractivity contribution in [1.82, 2.24) is 10.6 Å². The normalized spacial score (nSPS) is 23.3. The minimum absolute atomic E-state index is 0. The van der Waals surface area contributed by atoms with Crippen LogP contribution in [-0.4, -0.2) is 39.3 Å². The molecule has 0 aromatic rings. The van der Waals surface area contributed by atoms with Crippen LogP contribution in [0.2, 0.25) is 0 Å². The fraction of sp³-hybridized carbons (Fsp3) is 0.929. The van der Waals surface area contributed by atoms with Crippen LogP contribution in [0.1, 0.15) is 32.6 Å². The Labute approximate surface area is 122 Å². The second-order valence-electron chi connectivity index (χ2n) is 6.03. The molecule has 5 heteroatoms. The summed E-state index contributed by atoms with van der Waals surface area (Å²) in [7, 11) is 1.75. The second kappa shape index (κ2) is 7.46. The van der Waals surface area contributed by atoms with Gasteiger partial charge in [-0.2, -0.15) is 0 Å². The molecule has 0 bridgehead atoms. The van der Waals surface area contributed by atoms with Gasteiger partial charge in [0.15, 0.2) is 0 Å². The minimum Gasteiger partial charge on any atom is -0.384 e. The third-order valence-corrected chi connectivity index (χ3v) is 4.50. The molecule has 19 heavy (non-hydrogen) atoms. The number of halogens is 1. The zero-order chi connectivity index (χ0) is 13.0. The number of amides is 1. The van der Waals surface area contributed by atoms with Gasteiger partial charge < -0.3 is 15.4 Å². The van der Waals surface area contributed by atoms with Crippen LogP contribution < -0.4 is 10.6 Å². The van der Waals surface area contributed by atoms with Crippen LogP contribution in [0, 0.1) is 17.3 Å². The molecule has 112 valence electrons. The van der Waals surface area contributed by atoms with Crippen LogP contribution in [0.4, 0.5) is 0 Å². The molecule has 2 N–H and O–H groups in total. The molecule has 4 nitrogen and oxygen atoms in total. The van der Waals surface area contributed by atoms with Crippen LogP contribution >= 0.6 is 12.4 Å². The van der Waals surface area contributed by atoms with E-state index in [0.717, 1.165) is 39.1 Å². The van der Waals surface area contributed by atoms with Crippen molar-refractivity contribution < 1.29 is 9.53 Å². The van der Waals surface area contributed by atoms with Crippen LogP contribution in [0.5, 0.6) is 0 Å². The first-order chi connectivity index (χ1) is 8.67. The number of piperidine rings is 1. The van der Waals surface area contributed by atoms with Gasteiger partial charge in [-0.15, -0.1) is 12.4 Å². The number of nitrogens with one attached hydrogen (secondary N) is 2. The molecule has 1 heterocycles. The zero-order valence-electron chi connectivity index (χ0n) is 12.0. The van der Waals surface area contributed by atoms with Gasteiger partial charge in [-0.05, 0) is 44.7 Å². The number of carbonyl (C=O) groups excluding carboxylic acids is 1. The molecule has 1 saturated heterocycles. The predicted octanol–water partition coefficient (Wildman–Crippen LogP) is 1.59. The number of ether oxygens (including phenoxy) is 1. The predicted molar refractivity (Wildman–Crippen MR) is 78.6 cm³/mol. The lowest BCUT2D eigenvalue weighted by molar-refractivity contribution is -0.126. The molecule has 0 radical (unpaired) electrons. The number of rotatable bonds is 6. The molecule has 2 aliphatic rings. The molecule has 1 aliphatic carbocycles. The van der Waals surface area contributed by atoms with E-state index < -0.39 is 0 Å². The van der Waals surface area contributed by atoms with E-state index in [1.807, 2.05) is 0 Å². The summed E-state index contributed by atoms with van der Waals surface area (Å²) in [6.45, 7) is 5.61. The molecule has 2 fully saturated rings. The minimum atomic E-state index is 0. The second-order valence-corrected chi connectivity index (χ2v) is 6.03. The van der Waals surface area contributed by atoms with E-state index in [9.17, 15) is 4.79 Å². The van der Waals surface area contributed by atoms with E-state index in [-0.39, 0.29) is 29.6 Å². The summed E-state index contributed by atoms with van der Waals surface area (Å²) in [6, 6.07) is 0. The number of carbonyl (C=O) groups is 1. The number of hydrogen-bond donors (Lipinski definition) is 2. The van der Waals surface area contributed by atoms with Crippen LogP contribution in [0.3, 0.4) is 0 Å². The van der Waals surface area contributed by atoms with Gasteiger partial charge in [-0.25, -0.2) is 0 Å². The maximum absolute atomic E-state index is 12.0. The summed E-state index contributed by atoms with van der Waals surface area (Å²) in [6.07, 6.45) is 4.61. The van der Waals surface area contributed by atoms with Crippen molar-refractivity contribution in [2.45, 2.75) is 32.6 Å². The molecular formula is C14H27ClN2O2. The molecule has 0 aromatic heterocycles. The van der Waals surface area contributed by atoms with Gasteiger partial charge in [0.05, 0.1) is 6.61 Å². The first-order valence-electron chi connectivity index (χ1n) is 7.14. The third kappa shape index (κ3) is 4.62. The average molecular weight is 291 g/mol. The van der Waals surface area contributed by atoms with Crippen molar-refractivity contribution in [3.63, 3.8) is 0 Å². The van der Waals surface area contributed by atoms with Crippen molar-refractivity contribution in [3.8, 4) is 0 Å². The largest absolute Gasteiger partial charge is 0.384 e. The maximum Gasteiger partial charge on any atom is 0.223 e. The molecule has 2 rings (SSSR count). The van der Waals surface area contributed by atoms with Gasteiger partial charge in [0.2, 0.25) is 5.91 Å². The summed E-state index contributed by atoms with van der Waals surface area (Å²) >= 11 is 0. The average Bonchev–Trinajstić information content (AvgIpc) is 3.21. The monoisotopic (exact) mass is 290 g/mol. The van der Waals surface area contributed by atoms with Gasteiger partial charge in [0.25, 0.3) is 0 Å². The van der Waals surface area contributed by atoms with E-state index >= 15 is 0 Å². The van der Waals surface area contributed by atoms with Crippen molar-refractivity contribution in [1.29, 1.82) is 0 Å². The molecule has 1 saturated carbocycles. The van der Waals surface area contributed by atoms with Gasteiger partial charge in [0.1, 0.15) is 0 Å².